The number of amides is 2. The summed E-state index contributed by atoms with van der Waals surface area (Å²) in [6.07, 6.45) is 0.949. The van der Waals surface area contributed by atoms with Gasteiger partial charge in [0, 0.05) is 17.8 Å². The highest BCUT2D eigenvalue weighted by molar-refractivity contribution is 6.07. The molecule has 0 spiro atoms. The van der Waals surface area contributed by atoms with E-state index >= 15 is 0 Å². The van der Waals surface area contributed by atoms with E-state index in [-0.39, 0.29) is 11.8 Å². The van der Waals surface area contributed by atoms with Crippen LogP contribution >= 0.6 is 0 Å². The zero-order valence-electron chi connectivity index (χ0n) is 13.4. The van der Waals surface area contributed by atoms with E-state index in [1.807, 2.05) is 62.4 Å². The van der Waals surface area contributed by atoms with Crippen LogP contribution in [0, 0.1) is 13.8 Å². The van der Waals surface area contributed by atoms with E-state index < -0.39 is 6.04 Å². The van der Waals surface area contributed by atoms with E-state index in [0.717, 1.165) is 22.5 Å². The van der Waals surface area contributed by atoms with Crippen LogP contribution < -0.4 is 10.2 Å². The summed E-state index contributed by atoms with van der Waals surface area (Å²) >= 11 is 0. The molecule has 2 aromatic carbocycles. The van der Waals surface area contributed by atoms with Crippen molar-refractivity contribution in [2.75, 3.05) is 10.2 Å². The molecular formula is C19H20N2O2. The van der Waals surface area contributed by atoms with Gasteiger partial charge in [0.15, 0.2) is 0 Å². The highest BCUT2D eigenvalue weighted by Crippen LogP contribution is 2.27. The van der Waals surface area contributed by atoms with E-state index in [2.05, 4.69) is 5.32 Å². The zero-order chi connectivity index (χ0) is 16.4. The Morgan fingerprint density at radius 1 is 1.00 bits per heavy atom. The van der Waals surface area contributed by atoms with E-state index in [4.69, 9.17) is 0 Å². The number of anilines is 2. The van der Waals surface area contributed by atoms with Crippen molar-refractivity contribution < 1.29 is 9.59 Å². The third kappa shape index (κ3) is 3.26. The first kappa shape index (κ1) is 15.3. The first-order valence-electron chi connectivity index (χ1n) is 7.81. The van der Waals surface area contributed by atoms with Crippen molar-refractivity contribution in [1.82, 2.24) is 0 Å². The van der Waals surface area contributed by atoms with E-state index in [1.165, 1.54) is 0 Å². The summed E-state index contributed by atoms with van der Waals surface area (Å²) in [6, 6.07) is 14.9. The van der Waals surface area contributed by atoms with E-state index in [1.54, 1.807) is 4.90 Å². The van der Waals surface area contributed by atoms with Gasteiger partial charge in [0.25, 0.3) is 0 Å². The van der Waals surface area contributed by atoms with Crippen LogP contribution in [0.25, 0.3) is 0 Å². The molecule has 1 fully saturated rings. The van der Waals surface area contributed by atoms with Gasteiger partial charge < -0.3 is 5.32 Å². The van der Waals surface area contributed by atoms with Gasteiger partial charge in [-0.25, -0.2) is 0 Å². The fourth-order valence-corrected chi connectivity index (χ4v) is 2.82. The summed E-state index contributed by atoms with van der Waals surface area (Å²) in [4.78, 5) is 26.4. The lowest BCUT2D eigenvalue weighted by Gasteiger charge is -2.24. The molecule has 0 bridgehead atoms. The maximum absolute atomic E-state index is 12.6. The molecule has 0 radical (unpaired) electrons. The minimum Gasteiger partial charge on any atom is -0.324 e. The van der Waals surface area contributed by atoms with Crippen molar-refractivity contribution in [1.29, 1.82) is 0 Å². The molecule has 1 unspecified atom stereocenters. The van der Waals surface area contributed by atoms with Crippen LogP contribution in [0.1, 0.15) is 24.0 Å². The normalized spacial score (nSPS) is 17.4. The predicted molar refractivity (Wildman–Crippen MR) is 91.5 cm³/mol. The second-order valence-electron chi connectivity index (χ2n) is 6.01. The second kappa shape index (κ2) is 6.24. The number of benzene rings is 2. The molecule has 1 saturated heterocycles. The van der Waals surface area contributed by atoms with Crippen molar-refractivity contribution in [3.63, 3.8) is 0 Å². The third-order valence-electron chi connectivity index (χ3n) is 4.15. The summed E-state index contributed by atoms with van der Waals surface area (Å²) in [5.74, 6) is -0.141. The molecular weight excluding hydrogens is 288 g/mol. The summed E-state index contributed by atoms with van der Waals surface area (Å²) in [5.41, 5.74) is 3.80. The van der Waals surface area contributed by atoms with Crippen LogP contribution in [0.5, 0.6) is 0 Å². The molecule has 2 aromatic rings. The molecule has 1 aliphatic rings. The van der Waals surface area contributed by atoms with Gasteiger partial charge in [-0.05, 0) is 44.5 Å². The van der Waals surface area contributed by atoms with Crippen molar-refractivity contribution in [3.8, 4) is 0 Å². The van der Waals surface area contributed by atoms with Crippen LogP contribution in [-0.4, -0.2) is 17.9 Å². The lowest BCUT2D eigenvalue weighted by Crippen LogP contribution is -2.41. The topological polar surface area (TPSA) is 49.4 Å². The maximum Gasteiger partial charge on any atom is 0.247 e. The number of carbonyl (C=O) groups is 2. The van der Waals surface area contributed by atoms with Crippen LogP contribution in [-0.2, 0) is 9.59 Å². The van der Waals surface area contributed by atoms with Crippen LogP contribution in [0.4, 0.5) is 11.4 Å². The molecule has 23 heavy (non-hydrogen) atoms. The molecule has 1 heterocycles. The summed E-state index contributed by atoms with van der Waals surface area (Å²) in [7, 11) is 0. The van der Waals surface area contributed by atoms with Crippen molar-refractivity contribution in [2.45, 2.75) is 32.7 Å². The Balaban J connectivity index is 1.79. The molecule has 1 aliphatic heterocycles. The SMILES string of the molecule is Cc1ccc(NC(=O)C2CCC(=O)N2c2ccc(C)cc2)cc1. The average molecular weight is 308 g/mol. The smallest absolute Gasteiger partial charge is 0.247 e. The van der Waals surface area contributed by atoms with Gasteiger partial charge in [-0.3, -0.25) is 14.5 Å². The van der Waals surface area contributed by atoms with Gasteiger partial charge >= 0.3 is 0 Å². The molecule has 3 rings (SSSR count). The van der Waals surface area contributed by atoms with Gasteiger partial charge in [0.05, 0.1) is 0 Å². The quantitative estimate of drug-likeness (QED) is 0.944. The molecule has 118 valence electrons. The summed E-state index contributed by atoms with van der Waals surface area (Å²) in [5, 5.41) is 2.91. The number of aryl methyl sites for hydroxylation is 2. The first-order valence-corrected chi connectivity index (χ1v) is 7.81. The molecule has 0 saturated carbocycles. The Hall–Kier alpha value is -2.62. The van der Waals surface area contributed by atoms with E-state index in [9.17, 15) is 9.59 Å². The molecule has 1 N–H and O–H groups in total. The number of hydrogen-bond donors (Lipinski definition) is 1. The standard InChI is InChI=1S/C19H20N2O2/c1-13-3-7-15(8-4-13)20-19(23)17-11-12-18(22)21(17)16-9-5-14(2)6-10-16/h3-10,17H,11-12H2,1-2H3,(H,20,23). The summed E-state index contributed by atoms with van der Waals surface area (Å²) in [6.45, 7) is 4.00. The Bertz CT molecular complexity index is 720. The minimum atomic E-state index is -0.452. The molecule has 4 nitrogen and oxygen atoms in total. The monoisotopic (exact) mass is 308 g/mol. The van der Waals surface area contributed by atoms with Crippen molar-refractivity contribution in [3.05, 3.63) is 59.7 Å². The molecule has 4 heteroatoms. The zero-order valence-corrected chi connectivity index (χ0v) is 13.4. The van der Waals surface area contributed by atoms with Crippen LogP contribution in [0.15, 0.2) is 48.5 Å². The lowest BCUT2D eigenvalue weighted by atomic mass is 10.1. The number of hydrogen-bond acceptors (Lipinski definition) is 2. The average Bonchev–Trinajstić information content (AvgIpc) is 2.92. The summed E-state index contributed by atoms with van der Waals surface area (Å²) < 4.78 is 0. The molecule has 2 amide bonds. The van der Waals surface area contributed by atoms with Gasteiger partial charge in [-0.2, -0.15) is 0 Å². The fraction of sp³-hybridized carbons (Fsp3) is 0.263. The second-order valence-corrected chi connectivity index (χ2v) is 6.01. The Labute approximate surface area is 136 Å². The number of nitrogens with one attached hydrogen (secondary N) is 1. The van der Waals surface area contributed by atoms with Gasteiger partial charge in [0.2, 0.25) is 11.8 Å². The Kier molecular flexibility index (Phi) is 4.15. The van der Waals surface area contributed by atoms with Crippen LogP contribution in [0.3, 0.4) is 0 Å². The minimum absolute atomic E-state index is 0.00194. The lowest BCUT2D eigenvalue weighted by molar-refractivity contribution is -0.120. The Morgan fingerprint density at radius 3 is 2.17 bits per heavy atom. The molecule has 0 aromatic heterocycles. The van der Waals surface area contributed by atoms with Gasteiger partial charge in [-0.1, -0.05) is 35.4 Å². The highest BCUT2D eigenvalue weighted by Gasteiger charge is 2.37. The molecule has 0 aliphatic carbocycles. The fourth-order valence-electron chi connectivity index (χ4n) is 2.82. The number of rotatable bonds is 3. The van der Waals surface area contributed by atoms with Crippen LogP contribution in [0.2, 0.25) is 0 Å². The largest absolute Gasteiger partial charge is 0.324 e. The van der Waals surface area contributed by atoms with E-state index in [0.29, 0.717) is 12.8 Å². The van der Waals surface area contributed by atoms with Crippen molar-refractivity contribution >= 4 is 23.2 Å². The first-order chi connectivity index (χ1) is 11.0. The predicted octanol–water partition coefficient (Wildman–Crippen LogP) is 3.44. The maximum atomic E-state index is 12.6. The third-order valence-corrected chi connectivity index (χ3v) is 4.15. The molecule has 1 atom stereocenters. The van der Waals surface area contributed by atoms with Gasteiger partial charge in [0.1, 0.15) is 6.04 Å². The number of nitrogens with zero attached hydrogens (tertiary/aromatic N) is 1. The Morgan fingerprint density at radius 2 is 1.57 bits per heavy atom. The van der Waals surface area contributed by atoms with Crippen molar-refractivity contribution in [2.24, 2.45) is 0 Å². The highest BCUT2D eigenvalue weighted by atomic mass is 16.2. The van der Waals surface area contributed by atoms with Gasteiger partial charge in [-0.15, -0.1) is 0 Å². The number of carbonyl (C=O) groups excluding carboxylic acids is 2.